The molecule has 13 heavy (non-hydrogen) atoms. The Labute approximate surface area is 76.8 Å². The van der Waals surface area contributed by atoms with Crippen LogP contribution in [0.3, 0.4) is 0 Å². The molecular weight excluding hydrogens is 170 g/mol. The quantitative estimate of drug-likeness (QED) is 0.475. The van der Waals surface area contributed by atoms with E-state index >= 15 is 0 Å². The van der Waals surface area contributed by atoms with Gasteiger partial charge in [0.15, 0.2) is 11.5 Å². The Morgan fingerprint density at radius 3 is 2.69 bits per heavy atom. The number of rotatable bonds is 4. The first-order chi connectivity index (χ1) is 6.24. The Bertz CT molecular complexity index is 276. The molecule has 0 saturated carbocycles. The molecule has 0 unspecified atom stereocenters. The van der Waals surface area contributed by atoms with Crippen molar-refractivity contribution in [3.8, 4) is 17.2 Å². The van der Waals surface area contributed by atoms with Gasteiger partial charge in [-0.3, -0.25) is 0 Å². The molecule has 1 aromatic rings. The van der Waals surface area contributed by atoms with Crippen LogP contribution in [0.2, 0.25) is 0 Å². The zero-order valence-electron chi connectivity index (χ0n) is 7.45. The zero-order chi connectivity index (χ0) is 9.68. The summed E-state index contributed by atoms with van der Waals surface area (Å²) in [5.74, 6) is 0.244. The van der Waals surface area contributed by atoms with Gasteiger partial charge in [-0.1, -0.05) is 0 Å². The number of phenols is 2. The molecule has 72 valence electrons. The Balaban J connectivity index is 2.53. The van der Waals surface area contributed by atoms with Gasteiger partial charge in [-0.25, -0.2) is 0 Å². The van der Waals surface area contributed by atoms with Crippen molar-refractivity contribution in [3.63, 3.8) is 0 Å². The Kier molecular flexibility index (Phi) is 3.40. The van der Waals surface area contributed by atoms with Crippen LogP contribution < -0.4 is 10.1 Å². The van der Waals surface area contributed by atoms with Gasteiger partial charge in [-0.05, 0) is 19.2 Å². The van der Waals surface area contributed by atoms with Crippen molar-refractivity contribution in [3.05, 3.63) is 18.2 Å². The van der Waals surface area contributed by atoms with Crippen LogP contribution in [0.5, 0.6) is 17.2 Å². The molecule has 0 bridgehead atoms. The summed E-state index contributed by atoms with van der Waals surface area (Å²) >= 11 is 0. The highest BCUT2D eigenvalue weighted by molar-refractivity contribution is 5.43. The van der Waals surface area contributed by atoms with Gasteiger partial charge in [-0.15, -0.1) is 0 Å². The molecule has 0 amide bonds. The van der Waals surface area contributed by atoms with Crippen molar-refractivity contribution >= 4 is 0 Å². The van der Waals surface area contributed by atoms with Gasteiger partial charge in [0, 0.05) is 12.6 Å². The minimum Gasteiger partial charge on any atom is -0.504 e. The molecule has 0 saturated heterocycles. The second-order valence-corrected chi connectivity index (χ2v) is 2.60. The van der Waals surface area contributed by atoms with E-state index in [4.69, 9.17) is 14.9 Å². The Morgan fingerprint density at radius 2 is 2.08 bits per heavy atom. The van der Waals surface area contributed by atoms with E-state index < -0.39 is 0 Å². The molecule has 4 nitrogen and oxygen atoms in total. The first-order valence-corrected chi connectivity index (χ1v) is 4.03. The highest BCUT2D eigenvalue weighted by Gasteiger charge is 2.00. The fourth-order valence-electron chi connectivity index (χ4n) is 0.864. The lowest BCUT2D eigenvalue weighted by atomic mass is 10.3. The van der Waals surface area contributed by atoms with E-state index in [1.165, 1.54) is 12.1 Å². The lowest BCUT2D eigenvalue weighted by Crippen LogP contribution is -2.15. The van der Waals surface area contributed by atoms with E-state index in [0.717, 1.165) is 6.54 Å². The first kappa shape index (κ1) is 9.67. The summed E-state index contributed by atoms with van der Waals surface area (Å²) in [5, 5.41) is 21.0. The van der Waals surface area contributed by atoms with Crippen LogP contribution in [0, 0.1) is 0 Å². The second kappa shape index (κ2) is 4.57. The van der Waals surface area contributed by atoms with Gasteiger partial charge >= 0.3 is 0 Å². The van der Waals surface area contributed by atoms with Crippen molar-refractivity contribution in [2.45, 2.75) is 0 Å². The molecule has 0 heterocycles. The summed E-state index contributed by atoms with van der Waals surface area (Å²) in [5.41, 5.74) is 0. The zero-order valence-corrected chi connectivity index (χ0v) is 7.45. The molecule has 3 N–H and O–H groups in total. The van der Waals surface area contributed by atoms with Crippen LogP contribution in [0.1, 0.15) is 0 Å². The van der Waals surface area contributed by atoms with Crippen molar-refractivity contribution in [1.82, 2.24) is 5.32 Å². The third-order valence-corrected chi connectivity index (χ3v) is 1.57. The maximum absolute atomic E-state index is 9.11. The summed E-state index contributed by atoms with van der Waals surface area (Å²) in [6.45, 7) is 1.27. The van der Waals surface area contributed by atoms with Crippen LogP contribution in [-0.2, 0) is 0 Å². The van der Waals surface area contributed by atoms with Crippen LogP contribution >= 0.6 is 0 Å². The average Bonchev–Trinajstić information content (AvgIpc) is 2.12. The fraction of sp³-hybridized carbons (Fsp3) is 0.333. The van der Waals surface area contributed by atoms with E-state index in [1.54, 1.807) is 6.07 Å². The number of nitrogens with one attached hydrogen (secondary N) is 1. The lowest BCUT2D eigenvalue weighted by Gasteiger charge is -2.06. The number of hydrogen-bond donors (Lipinski definition) is 3. The fourth-order valence-corrected chi connectivity index (χ4v) is 0.864. The normalized spacial score (nSPS) is 9.92. The molecule has 0 aromatic heterocycles. The number of phenolic OH excluding ortho intramolecular Hbond substituents is 2. The monoisotopic (exact) mass is 183 g/mol. The van der Waals surface area contributed by atoms with Gasteiger partial charge in [-0.2, -0.15) is 0 Å². The van der Waals surface area contributed by atoms with Crippen molar-refractivity contribution in [1.29, 1.82) is 0 Å². The van der Waals surface area contributed by atoms with Gasteiger partial charge < -0.3 is 20.3 Å². The van der Waals surface area contributed by atoms with Crippen molar-refractivity contribution in [2.75, 3.05) is 20.2 Å². The molecule has 0 fully saturated rings. The maximum Gasteiger partial charge on any atom is 0.161 e. The molecule has 4 heteroatoms. The number of benzene rings is 1. The summed E-state index contributed by atoms with van der Waals surface area (Å²) in [7, 11) is 1.83. The molecule has 0 aliphatic rings. The molecule has 0 spiro atoms. The van der Waals surface area contributed by atoms with E-state index in [-0.39, 0.29) is 11.5 Å². The number of likely N-dealkylation sites (N-methyl/N-ethyl adjacent to an activating group) is 1. The molecule has 1 rings (SSSR count). The molecule has 1 aromatic carbocycles. The number of hydrogen-bond acceptors (Lipinski definition) is 4. The molecule has 0 atom stereocenters. The smallest absolute Gasteiger partial charge is 0.161 e. The van der Waals surface area contributed by atoms with E-state index in [1.807, 2.05) is 7.05 Å². The largest absolute Gasteiger partial charge is 0.504 e. The highest BCUT2D eigenvalue weighted by Crippen LogP contribution is 2.28. The Morgan fingerprint density at radius 1 is 1.31 bits per heavy atom. The highest BCUT2D eigenvalue weighted by atomic mass is 16.5. The molecule has 0 aliphatic carbocycles. The minimum atomic E-state index is -0.165. The van der Waals surface area contributed by atoms with E-state index in [0.29, 0.717) is 12.4 Å². The molecule has 0 radical (unpaired) electrons. The third-order valence-electron chi connectivity index (χ3n) is 1.57. The number of aromatic hydroxyl groups is 2. The lowest BCUT2D eigenvalue weighted by molar-refractivity contribution is 0.314. The van der Waals surface area contributed by atoms with E-state index in [2.05, 4.69) is 5.32 Å². The van der Waals surface area contributed by atoms with Gasteiger partial charge in [0.1, 0.15) is 12.4 Å². The molecule has 0 aliphatic heterocycles. The standard InChI is InChI=1S/C9H13NO3/c1-10-4-5-13-7-2-3-8(11)9(12)6-7/h2-3,6,10-12H,4-5H2,1H3. The SMILES string of the molecule is CNCCOc1ccc(O)c(O)c1. The van der Waals surface area contributed by atoms with Crippen molar-refractivity contribution in [2.24, 2.45) is 0 Å². The van der Waals surface area contributed by atoms with E-state index in [9.17, 15) is 0 Å². The van der Waals surface area contributed by atoms with Gasteiger partial charge in [0.2, 0.25) is 0 Å². The predicted molar refractivity (Wildman–Crippen MR) is 49.2 cm³/mol. The molecular formula is C9H13NO3. The summed E-state index contributed by atoms with van der Waals surface area (Å²) < 4.78 is 5.25. The maximum atomic E-state index is 9.11. The van der Waals surface area contributed by atoms with Crippen LogP contribution in [0.15, 0.2) is 18.2 Å². The minimum absolute atomic E-state index is 0.138. The summed E-state index contributed by atoms with van der Waals surface area (Å²) in [6.07, 6.45) is 0. The first-order valence-electron chi connectivity index (χ1n) is 4.03. The number of ether oxygens (including phenoxy) is 1. The van der Waals surface area contributed by atoms with Crippen LogP contribution in [0.25, 0.3) is 0 Å². The second-order valence-electron chi connectivity index (χ2n) is 2.60. The van der Waals surface area contributed by atoms with Crippen molar-refractivity contribution < 1.29 is 14.9 Å². The van der Waals surface area contributed by atoms with Gasteiger partial charge in [0.05, 0.1) is 0 Å². The predicted octanol–water partition coefficient (Wildman–Crippen LogP) is 0.696. The Hall–Kier alpha value is -1.42. The average molecular weight is 183 g/mol. The van der Waals surface area contributed by atoms with Gasteiger partial charge in [0.25, 0.3) is 0 Å². The van der Waals surface area contributed by atoms with Crippen LogP contribution in [0.4, 0.5) is 0 Å². The third kappa shape index (κ3) is 2.83. The van der Waals surface area contributed by atoms with Crippen LogP contribution in [-0.4, -0.2) is 30.4 Å². The summed E-state index contributed by atoms with van der Waals surface area (Å²) in [6, 6.07) is 4.37. The topological polar surface area (TPSA) is 61.7 Å². The summed E-state index contributed by atoms with van der Waals surface area (Å²) in [4.78, 5) is 0.